The predicted molar refractivity (Wildman–Crippen MR) is 38.2 cm³/mol. The van der Waals surface area contributed by atoms with Gasteiger partial charge in [0.15, 0.2) is 0 Å². The second-order valence-corrected chi connectivity index (χ2v) is 2.27. The van der Waals surface area contributed by atoms with Crippen LogP contribution in [0.15, 0.2) is 23.6 Å². The average Bonchev–Trinajstić information content (AvgIpc) is 2.45. The number of aromatic nitrogens is 4. The zero-order valence-electron chi connectivity index (χ0n) is 5.93. The number of aryl methyl sites for hydroxylation is 1. The van der Waals surface area contributed by atoms with E-state index >= 15 is 0 Å². The van der Waals surface area contributed by atoms with E-state index in [1.165, 1.54) is 27.9 Å². The first kappa shape index (κ1) is 6.09. The highest BCUT2D eigenvalue weighted by Gasteiger charge is 1.98. The van der Waals surface area contributed by atoms with Crippen LogP contribution in [-0.2, 0) is 7.05 Å². The van der Waals surface area contributed by atoms with Crippen molar-refractivity contribution in [3.05, 3.63) is 29.2 Å². The second-order valence-electron chi connectivity index (χ2n) is 2.27. The van der Waals surface area contributed by atoms with Crippen LogP contribution in [0.1, 0.15) is 0 Å². The van der Waals surface area contributed by atoms with Gasteiger partial charge in [0.1, 0.15) is 18.2 Å². The molecule has 2 aromatic rings. The highest BCUT2D eigenvalue weighted by atomic mass is 16.1. The fourth-order valence-electron chi connectivity index (χ4n) is 0.900. The van der Waals surface area contributed by atoms with Crippen molar-refractivity contribution >= 4 is 5.52 Å². The zero-order chi connectivity index (χ0) is 7.84. The van der Waals surface area contributed by atoms with Gasteiger partial charge in [-0.1, -0.05) is 0 Å². The summed E-state index contributed by atoms with van der Waals surface area (Å²) >= 11 is 0. The van der Waals surface area contributed by atoms with Gasteiger partial charge >= 0.3 is 0 Å². The van der Waals surface area contributed by atoms with Crippen LogP contribution in [-0.4, -0.2) is 19.2 Å². The van der Waals surface area contributed by atoms with Gasteiger partial charge in [0, 0.05) is 7.05 Å². The number of imidazole rings is 1. The maximum atomic E-state index is 11.3. The Morgan fingerprint density at radius 1 is 1.45 bits per heavy atom. The van der Waals surface area contributed by atoms with Crippen LogP contribution in [0, 0.1) is 0 Å². The van der Waals surface area contributed by atoms with Crippen LogP contribution in [0.5, 0.6) is 0 Å². The Kier molecular flexibility index (Phi) is 1.06. The van der Waals surface area contributed by atoms with Crippen molar-refractivity contribution < 1.29 is 0 Å². The molecule has 56 valence electrons. The molecule has 0 N–H and O–H groups in total. The lowest BCUT2D eigenvalue weighted by molar-refractivity contribution is 0.762. The van der Waals surface area contributed by atoms with Crippen LogP contribution < -0.4 is 5.56 Å². The predicted octanol–water partition coefficient (Wildman–Crippen LogP) is -0.572. The molecule has 0 bridgehead atoms. The highest BCUT2D eigenvalue weighted by molar-refractivity contribution is 5.39. The van der Waals surface area contributed by atoms with E-state index in [2.05, 4.69) is 10.1 Å². The van der Waals surface area contributed by atoms with E-state index in [0.29, 0.717) is 5.52 Å². The largest absolute Gasteiger partial charge is 0.299 e. The molecule has 0 aliphatic heterocycles. The van der Waals surface area contributed by atoms with Gasteiger partial charge in [-0.25, -0.2) is 9.50 Å². The van der Waals surface area contributed by atoms with Crippen molar-refractivity contribution in [1.82, 2.24) is 19.2 Å². The fraction of sp³-hybridized carbons (Fsp3) is 0.167. The Hall–Kier alpha value is -1.65. The van der Waals surface area contributed by atoms with Crippen LogP contribution >= 0.6 is 0 Å². The molecule has 0 aliphatic carbocycles. The van der Waals surface area contributed by atoms with E-state index in [1.807, 2.05) is 0 Å². The maximum Gasteiger partial charge on any atom is 0.279 e. The molecule has 0 unspecified atom stereocenters. The minimum atomic E-state index is -0.0856. The van der Waals surface area contributed by atoms with Crippen LogP contribution in [0.4, 0.5) is 0 Å². The zero-order valence-corrected chi connectivity index (χ0v) is 5.93. The lowest BCUT2D eigenvalue weighted by Crippen LogP contribution is -2.19. The number of nitrogens with zero attached hydrogens (tertiary/aromatic N) is 4. The molecule has 0 spiro atoms. The van der Waals surface area contributed by atoms with Crippen LogP contribution in [0.2, 0.25) is 0 Å². The van der Waals surface area contributed by atoms with E-state index < -0.39 is 0 Å². The summed E-state index contributed by atoms with van der Waals surface area (Å²) in [5.41, 5.74) is 0.410. The van der Waals surface area contributed by atoms with Crippen LogP contribution in [0.25, 0.3) is 5.52 Å². The smallest absolute Gasteiger partial charge is 0.279 e. The molecule has 0 aromatic carbocycles. The van der Waals surface area contributed by atoms with E-state index in [0.717, 1.165) is 0 Å². The molecule has 0 amide bonds. The van der Waals surface area contributed by atoms with Gasteiger partial charge in [0.2, 0.25) is 0 Å². The lowest BCUT2D eigenvalue weighted by atomic mass is 10.6. The lowest BCUT2D eigenvalue weighted by Gasteiger charge is -1.94. The SMILES string of the molecule is Cn1cnn2cncc2c1=O. The topological polar surface area (TPSA) is 52.2 Å². The molecule has 5 heteroatoms. The molecule has 2 aromatic heterocycles. The summed E-state index contributed by atoms with van der Waals surface area (Å²) in [5, 5.41) is 3.92. The van der Waals surface area contributed by atoms with Gasteiger partial charge in [-0.15, -0.1) is 0 Å². The van der Waals surface area contributed by atoms with Gasteiger partial charge in [0.25, 0.3) is 5.56 Å². The molecule has 0 atom stereocenters. The Balaban J connectivity index is 3.05. The van der Waals surface area contributed by atoms with Crippen molar-refractivity contribution in [2.24, 2.45) is 7.05 Å². The summed E-state index contributed by atoms with van der Waals surface area (Å²) in [6.07, 6.45) is 4.45. The molecule has 0 aliphatic rings. The normalized spacial score (nSPS) is 10.6. The third-order valence-corrected chi connectivity index (χ3v) is 1.51. The fourth-order valence-corrected chi connectivity index (χ4v) is 0.900. The molecule has 0 fully saturated rings. The average molecular weight is 150 g/mol. The van der Waals surface area contributed by atoms with E-state index in [-0.39, 0.29) is 5.56 Å². The molecule has 2 heterocycles. The second kappa shape index (κ2) is 1.91. The van der Waals surface area contributed by atoms with Gasteiger partial charge in [-0.2, -0.15) is 5.10 Å². The number of hydrogen-bond donors (Lipinski definition) is 0. The number of hydrogen-bond acceptors (Lipinski definition) is 3. The van der Waals surface area contributed by atoms with Crippen LogP contribution in [0.3, 0.4) is 0 Å². The molecule has 0 saturated carbocycles. The molecular weight excluding hydrogens is 144 g/mol. The highest BCUT2D eigenvalue weighted by Crippen LogP contribution is 1.88. The van der Waals surface area contributed by atoms with Gasteiger partial charge in [0.05, 0.1) is 6.20 Å². The number of rotatable bonds is 0. The third-order valence-electron chi connectivity index (χ3n) is 1.51. The Bertz CT molecular complexity index is 441. The van der Waals surface area contributed by atoms with Crippen molar-refractivity contribution in [2.75, 3.05) is 0 Å². The first-order chi connectivity index (χ1) is 5.29. The minimum Gasteiger partial charge on any atom is -0.299 e. The molecule has 11 heavy (non-hydrogen) atoms. The Labute approximate surface area is 61.9 Å². The quantitative estimate of drug-likeness (QED) is 0.505. The standard InChI is InChI=1S/C6H6N4O/c1-9-4-8-10-3-7-2-5(10)6(9)11/h2-4H,1H3. The maximum absolute atomic E-state index is 11.3. The van der Waals surface area contributed by atoms with Crippen molar-refractivity contribution in [1.29, 1.82) is 0 Å². The van der Waals surface area contributed by atoms with Gasteiger partial charge in [-0.3, -0.25) is 9.36 Å². The Morgan fingerprint density at radius 3 is 3.09 bits per heavy atom. The monoisotopic (exact) mass is 150 g/mol. The summed E-state index contributed by atoms with van der Waals surface area (Å²) in [6.45, 7) is 0. The molecule has 5 nitrogen and oxygen atoms in total. The first-order valence-corrected chi connectivity index (χ1v) is 3.13. The van der Waals surface area contributed by atoms with Crippen molar-refractivity contribution in [3.63, 3.8) is 0 Å². The molecular formula is C6H6N4O. The Morgan fingerprint density at radius 2 is 2.27 bits per heavy atom. The molecule has 0 saturated heterocycles. The van der Waals surface area contributed by atoms with Gasteiger partial charge in [-0.05, 0) is 0 Å². The van der Waals surface area contributed by atoms with E-state index in [1.54, 1.807) is 7.05 Å². The first-order valence-electron chi connectivity index (χ1n) is 3.13. The van der Waals surface area contributed by atoms with Gasteiger partial charge < -0.3 is 0 Å². The summed E-state index contributed by atoms with van der Waals surface area (Å²) in [6, 6.07) is 0. The summed E-state index contributed by atoms with van der Waals surface area (Å²) in [4.78, 5) is 15.0. The van der Waals surface area contributed by atoms with Crippen molar-refractivity contribution in [3.8, 4) is 0 Å². The number of fused-ring (bicyclic) bond motifs is 1. The third kappa shape index (κ3) is 0.739. The molecule has 2 rings (SSSR count). The van der Waals surface area contributed by atoms with E-state index in [9.17, 15) is 4.79 Å². The summed E-state index contributed by atoms with van der Waals surface area (Å²) < 4.78 is 2.86. The molecule has 0 radical (unpaired) electrons. The van der Waals surface area contributed by atoms with Crippen molar-refractivity contribution in [2.45, 2.75) is 0 Å². The summed E-state index contributed by atoms with van der Waals surface area (Å²) in [5.74, 6) is 0. The minimum absolute atomic E-state index is 0.0856. The van der Waals surface area contributed by atoms with E-state index in [4.69, 9.17) is 0 Å². The summed E-state index contributed by atoms with van der Waals surface area (Å²) in [7, 11) is 1.66.